The summed E-state index contributed by atoms with van der Waals surface area (Å²) in [6, 6.07) is 0. The van der Waals surface area contributed by atoms with Crippen LogP contribution in [0.25, 0.3) is 0 Å². The van der Waals surface area contributed by atoms with Crippen molar-refractivity contribution in [1.29, 1.82) is 0 Å². The number of hydrogen-bond acceptors (Lipinski definition) is 2. The molecule has 0 spiro atoms. The number of aliphatic hydroxyl groups is 1. The van der Waals surface area contributed by atoms with Crippen LogP contribution in [0.2, 0.25) is 0 Å². The van der Waals surface area contributed by atoms with Gasteiger partial charge in [0.2, 0.25) is 0 Å². The van der Waals surface area contributed by atoms with Crippen LogP contribution >= 0.6 is 0 Å². The van der Waals surface area contributed by atoms with Gasteiger partial charge >= 0.3 is 0 Å². The summed E-state index contributed by atoms with van der Waals surface area (Å²) in [6.07, 6.45) is 4.10. The Morgan fingerprint density at radius 1 is 1.38 bits per heavy atom. The van der Waals surface area contributed by atoms with Crippen LogP contribution in [0.3, 0.4) is 0 Å². The molecule has 1 N–H and O–H groups in total. The van der Waals surface area contributed by atoms with Gasteiger partial charge in [-0.1, -0.05) is 13.8 Å². The van der Waals surface area contributed by atoms with E-state index in [2.05, 4.69) is 13.8 Å². The van der Waals surface area contributed by atoms with Crippen LogP contribution in [-0.2, 0) is 4.79 Å². The molecule has 0 aromatic carbocycles. The summed E-state index contributed by atoms with van der Waals surface area (Å²) in [6.45, 7) is 6.24. The highest BCUT2D eigenvalue weighted by Gasteiger charge is 2.67. The molecule has 0 aliphatic heterocycles. The molecule has 4 atom stereocenters. The molecule has 0 unspecified atom stereocenters. The van der Waals surface area contributed by atoms with E-state index in [4.69, 9.17) is 0 Å². The number of carbonyl (C=O) groups excluding carboxylic acids is 1. The zero-order valence-corrected chi connectivity index (χ0v) is 10.3. The summed E-state index contributed by atoms with van der Waals surface area (Å²) < 4.78 is 0. The Labute approximate surface area is 96.7 Å². The molecule has 16 heavy (non-hydrogen) atoms. The van der Waals surface area contributed by atoms with Crippen molar-refractivity contribution in [2.24, 2.45) is 22.7 Å². The number of ketones is 1. The van der Waals surface area contributed by atoms with E-state index in [1.807, 2.05) is 0 Å². The first kappa shape index (κ1) is 10.4. The SMILES string of the molecule is CC(=O)C1=C(O)C[C@@]2(C)C[C@@H]3C[C@@]3(C)[C@@H]2C1. The van der Waals surface area contributed by atoms with E-state index in [-0.39, 0.29) is 11.2 Å². The third kappa shape index (κ3) is 1.11. The molecule has 0 aromatic rings. The van der Waals surface area contributed by atoms with E-state index in [1.54, 1.807) is 6.92 Å². The average Bonchev–Trinajstić information content (AvgIpc) is 2.69. The van der Waals surface area contributed by atoms with Crippen molar-refractivity contribution in [1.82, 2.24) is 0 Å². The molecule has 2 nitrogen and oxygen atoms in total. The molecule has 0 amide bonds. The normalized spacial score (nSPS) is 49.9. The number of rotatable bonds is 1. The summed E-state index contributed by atoms with van der Waals surface area (Å²) >= 11 is 0. The lowest BCUT2D eigenvalue weighted by molar-refractivity contribution is -0.114. The number of Topliss-reactive ketones (excluding diaryl/α,β-unsaturated/α-hetero) is 1. The van der Waals surface area contributed by atoms with E-state index in [1.165, 1.54) is 12.8 Å². The topological polar surface area (TPSA) is 37.3 Å². The Bertz CT molecular complexity index is 409. The third-order valence-electron chi connectivity index (χ3n) is 5.56. The number of aliphatic hydroxyl groups excluding tert-OH is 1. The predicted molar refractivity (Wildman–Crippen MR) is 62.0 cm³/mol. The van der Waals surface area contributed by atoms with Gasteiger partial charge in [0, 0.05) is 12.0 Å². The highest BCUT2D eigenvalue weighted by atomic mass is 16.3. The molecule has 0 saturated heterocycles. The standard InChI is InChI=1S/C14H20O2/c1-8(15)10-4-12-13(2,7-11(10)16)5-9-6-14(9,12)3/h9,12,16H,4-7H2,1-3H3/t9-,12-,13-,14-/m1/s1. The molecule has 2 saturated carbocycles. The van der Waals surface area contributed by atoms with Crippen molar-refractivity contribution < 1.29 is 9.90 Å². The second-order valence-corrected chi connectivity index (χ2v) is 6.68. The Kier molecular flexibility index (Phi) is 1.76. The molecule has 0 bridgehead atoms. The fourth-order valence-corrected chi connectivity index (χ4v) is 4.54. The van der Waals surface area contributed by atoms with Gasteiger partial charge in [-0.2, -0.15) is 0 Å². The van der Waals surface area contributed by atoms with Crippen LogP contribution < -0.4 is 0 Å². The highest BCUT2D eigenvalue weighted by molar-refractivity contribution is 5.94. The van der Waals surface area contributed by atoms with Crippen LogP contribution in [0.4, 0.5) is 0 Å². The summed E-state index contributed by atoms with van der Waals surface area (Å²) in [4.78, 5) is 11.5. The Hall–Kier alpha value is -0.790. The minimum Gasteiger partial charge on any atom is -0.512 e. The molecular weight excluding hydrogens is 200 g/mol. The van der Waals surface area contributed by atoms with Gasteiger partial charge in [0.1, 0.15) is 0 Å². The van der Waals surface area contributed by atoms with E-state index in [0.717, 1.165) is 18.8 Å². The van der Waals surface area contributed by atoms with Gasteiger partial charge in [-0.3, -0.25) is 4.79 Å². The largest absolute Gasteiger partial charge is 0.512 e. The molecule has 3 aliphatic carbocycles. The quantitative estimate of drug-likeness (QED) is 0.736. The molecule has 3 rings (SSSR count). The van der Waals surface area contributed by atoms with E-state index < -0.39 is 0 Å². The monoisotopic (exact) mass is 220 g/mol. The van der Waals surface area contributed by atoms with Crippen molar-refractivity contribution in [2.75, 3.05) is 0 Å². The van der Waals surface area contributed by atoms with Crippen molar-refractivity contribution in [2.45, 2.75) is 46.5 Å². The van der Waals surface area contributed by atoms with Gasteiger partial charge in [0.05, 0.1) is 5.76 Å². The molecule has 3 aliphatic rings. The van der Waals surface area contributed by atoms with E-state index >= 15 is 0 Å². The predicted octanol–water partition coefficient (Wildman–Crippen LogP) is 3.23. The van der Waals surface area contributed by atoms with Crippen molar-refractivity contribution in [3.63, 3.8) is 0 Å². The molecular formula is C14H20O2. The van der Waals surface area contributed by atoms with Gasteiger partial charge in [-0.05, 0) is 48.9 Å². The molecule has 0 aromatic heterocycles. The lowest BCUT2D eigenvalue weighted by atomic mass is 9.64. The Morgan fingerprint density at radius 2 is 2.06 bits per heavy atom. The second kappa shape index (κ2) is 2.72. The number of hydrogen-bond donors (Lipinski definition) is 1. The van der Waals surface area contributed by atoms with Gasteiger partial charge in [0.15, 0.2) is 5.78 Å². The number of allylic oxidation sites excluding steroid dienone is 2. The first-order valence-electron chi connectivity index (χ1n) is 6.29. The van der Waals surface area contributed by atoms with Gasteiger partial charge in [0.25, 0.3) is 0 Å². The van der Waals surface area contributed by atoms with Gasteiger partial charge in [-0.25, -0.2) is 0 Å². The fraction of sp³-hybridized carbons (Fsp3) is 0.786. The van der Waals surface area contributed by atoms with Crippen molar-refractivity contribution >= 4 is 5.78 Å². The lowest BCUT2D eigenvalue weighted by Gasteiger charge is -2.41. The third-order valence-corrected chi connectivity index (χ3v) is 5.56. The second-order valence-electron chi connectivity index (χ2n) is 6.68. The van der Waals surface area contributed by atoms with Crippen LogP contribution in [0.5, 0.6) is 0 Å². The highest BCUT2D eigenvalue weighted by Crippen LogP contribution is 2.75. The molecule has 0 radical (unpaired) electrons. The Balaban J connectivity index is 1.98. The van der Waals surface area contributed by atoms with E-state index in [9.17, 15) is 9.90 Å². The van der Waals surface area contributed by atoms with Crippen LogP contribution in [0.1, 0.15) is 46.5 Å². The average molecular weight is 220 g/mol. The van der Waals surface area contributed by atoms with E-state index in [0.29, 0.717) is 22.7 Å². The van der Waals surface area contributed by atoms with Crippen molar-refractivity contribution in [3.05, 3.63) is 11.3 Å². The van der Waals surface area contributed by atoms with Gasteiger partial charge in [-0.15, -0.1) is 0 Å². The molecule has 2 fully saturated rings. The maximum absolute atomic E-state index is 11.5. The summed E-state index contributed by atoms with van der Waals surface area (Å²) in [7, 11) is 0. The maximum Gasteiger partial charge on any atom is 0.159 e. The molecule has 0 heterocycles. The van der Waals surface area contributed by atoms with Crippen LogP contribution in [-0.4, -0.2) is 10.9 Å². The number of carbonyl (C=O) groups is 1. The molecule has 2 heteroatoms. The number of fused-ring (bicyclic) bond motifs is 3. The first-order valence-corrected chi connectivity index (χ1v) is 6.29. The zero-order valence-electron chi connectivity index (χ0n) is 10.3. The summed E-state index contributed by atoms with van der Waals surface area (Å²) in [5, 5.41) is 10.00. The summed E-state index contributed by atoms with van der Waals surface area (Å²) in [5.74, 6) is 1.89. The van der Waals surface area contributed by atoms with Crippen molar-refractivity contribution in [3.8, 4) is 0 Å². The zero-order chi connectivity index (χ0) is 11.7. The minimum absolute atomic E-state index is 0.0623. The van der Waals surface area contributed by atoms with Crippen LogP contribution in [0.15, 0.2) is 11.3 Å². The van der Waals surface area contributed by atoms with Gasteiger partial charge < -0.3 is 5.11 Å². The molecule has 88 valence electrons. The smallest absolute Gasteiger partial charge is 0.159 e. The van der Waals surface area contributed by atoms with Crippen LogP contribution in [0, 0.1) is 22.7 Å². The maximum atomic E-state index is 11.5. The Morgan fingerprint density at radius 3 is 2.69 bits per heavy atom. The fourth-order valence-electron chi connectivity index (χ4n) is 4.54. The lowest BCUT2D eigenvalue weighted by Crippen LogP contribution is -2.34. The summed E-state index contributed by atoms with van der Waals surface area (Å²) in [5.41, 5.74) is 1.42. The first-order chi connectivity index (χ1) is 7.37. The minimum atomic E-state index is 0.0623.